The molecule has 2 heterocycles. The largest absolute Gasteiger partial charge is 0.302 e. The second-order valence-electron chi connectivity index (χ2n) is 5.92. The SMILES string of the molecule is CC(C)CSc1nnc(NC(=O)c2ccc3c(=O)n(C)cnc3c2)s1. The van der Waals surface area contributed by atoms with Gasteiger partial charge in [-0.1, -0.05) is 36.9 Å². The van der Waals surface area contributed by atoms with E-state index in [9.17, 15) is 9.59 Å². The van der Waals surface area contributed by atoms with Crippen molar-refractivity contribution in [3.63, 3.8) is 0 Å². The van der Waals surface area contributed by atoms with Gasteiger partial charge in [-0.25, -0.2) is 4.98 Å². The Bertz CT molecular complexity index is 980. The summed E-state index contributed by atoms with van der Waals surface area (Å²) in [6.07, 6.45) is 1.44. The molecule has 3 rings (SSSR count). The molecule has 0 spiro atoms. The lowest BCUT2D eigenvalue weighted by Crippen LogP contribution is -2.17. The molecule has 0 radical (unpaired) electrons. The van der Waals surface area contributed by atoms with Gasteiger partial charge in [0.25, 0.3) is 11.5 Å². The van der Waals surface area contributed by atoms with E-state index < -0.39 is 0 Å². The summed E-state index contributed by atoms with van der Waals surface area (Å²) in [7, 11) is 1.64. The van der Waals surface area contributed by atoms with Crippen LogP contribution < -0.4 is 10.9 Å². The van der Waals surface area contributed by atoms with Gasteiger partial charge in [0, 0.05) is 18.4 Å². The Labute approximate surface area is 152 Å². The molecular formula is C16H17N5O2S2. The number of amides is 1. The molecule has 1 N–H and O–H groups in total. The molecule has 3 aromatic rings. The van der Waals surface area contributed by atoms with Crippen molar-refractivity contribution in [3.05, 3.63) is 40.4 Å². The van der Waals surface area contributed by atoms with Crippen LogP contribution in [0.25, 0.3) is 10.9 Å². The molecule has 0 unspecified atom stereocenters. The van der Waals surface area contributed by atoms with Crippen LogP contribution in [0.5, 0.6) is 0 Å². The number of carbonyl (C=O) groups excluding carboxylic acids is 1. The van der Waals surface area contributed by atoms with E-state index in [1.807, 2.05) is 0 Å². The summed E-state index contributed by atoms with van der Waals surface area (Å²) >= 11 is 2.97. The Morgan fingerprint density at radius 1 is 1.36 bits per heavy atom. The van der Waals surface area contributed by atoms with Gasteiger partial charge >= 0.3 is 0 Å². The van der Waals surface area contributed by atoms with Crippen LogP contribution in [0.15, 0.2) is 33.7 Å². The number of anilines is 1. The van der Waals surface area contributed by atoms with Crippen molar-refractivity contribution in [1.29, 1.82) is 0 Å². The Kier molecular flexibility index (Phi) is 5.14. The number of nitrogens with one attached hydrogen (secondary N) is 1. The lowest BCUT2D eigenvalue weighted by atomic mass is 10.1. The molecule has 2 aromatic heterocycles. The first kappa shape index (κ1) is 17.6. The van der Waals surface area contributed by atoms with Crippen molar-refractivity contribution >= 4 is 45.0 Å². The van der Waals surface area contributed by atoms with Crippen molar-refractivity contribution < 1.29 is 4.79 Å². The predicted octanol–water partition coefficient (Wildman–Crippen LogP) is 2.79. The van der Waals surface area contributed by atoms with E-state index in [1.165, 1.54) is 22.2 Å². The average Bonchev–Trinajstić information content (AvgIpc) is 3.03. The van der Waals surface area contributed by atoms with Crippen LogP contribution >= 0.6 is 23.1 Å². The minimum Gasteiger partial charge on any atom is -0.302 e. The second-order valence-corrected chi connectivity index (χ2v) is 8.17. The highest BCUT2D eigenvalue weighted by Gasteiger charge is 2.12. The first-order valence-electron chi connectivity index (χ1n) is 7.67. The summed E-state index contributed by atoms with van der Waals surface area (Å²) in [5.41, 5.74) is 0.758. The van der Waals surface area contributed by atoms with Gasteiger partial charge < -0.3 is 4.57 Å². The maximum Gasteiger partial charge on any atom is 0.260 e. The van der Waals surface area contributed by atoms with Crippen LogP contribution in [-0.4, -0.2) is 31.4 Å². The fourth-order valence-corrected chi connectivity index (χ4v) is 3.80. The maximum absolute atomic E-state index is 12.4. The van der Waals surface area contributed by atoms with Gasteiger partial charge in [0.2, 0.25) is 5.13 Å². The van der Waals surface area contributed by atoms with Gasteiger partial charge in [-0.05, 0) is 24.1 Å². The zero-order valence-electron chi connectivity index (χ0n) is 14.0. The van der Waals surface area contributed by atoms with Crippen LogP contribution in [0.2, 0.25) is 0 Å². The lowest BCUT2D eigenvalue weighted by molar-refractivity contribution is 0.102. The number of benzene rings is 1. The normalized spacial score (nSPS) is 11.2. The summed E-state index contributed by atoms with van der Waals surface area (Å²) in [6, 6.07) is 4.82. The highest BCUT2D eigenvalue weighted by molar-refractivity contribution is 8.01. The van der Waals surface area contributed by atoms with Gasteiger partial charge in [-0.15, -0.1) is 10.2 Å². The molecule has 0 aliphatic carbocycles. The Balaban J connectivity index is 1.76. The quantitative estimate of drug-likeness (QED) is 0.545. The number of hydrogen-bond acceptors (Lipinski definition) is 7. The van der Waals surface area contributed by atoms with Crippen molar-refractivity contribution in [3.8, 4) is 0 Å². The molecule has 130 valence electrons. The molecular weight excluding hydrogens is 358 g/mol. The molecule has 0 fully saturated rings. The van der Waals surface area contributed by atoms with Gasteiger partial charge in [0.05, 0.1) is 17.2 Å². The van der Waals surface area contributed by atoms with E-state index in [2.05, 4.69) is 34.3 Å². The maximum atomic E-state index is 12.4. The Morgan fingerprint density at radius 3 is 2.92 bits per heavy atom. The zero-order valence-corrected chi connectivity index (χ0v) is 15.6. The Morgan fingerprint density at radius 2 is 2.16 bits per heavy atom. The smallest absolute Gasteiger partial charge is 0.260 e. The molecule has 0 aliphatic heterocycles. The van der Waals surface area contributed by atoms with Gasteiger partial charge in [-0.3, -0.25) is 14.9 Å². The summed E-state index contributed by atoms with van der Waals surface area (Å²) in [4.78, 5) is 28.6. The number of carbonyl (C=O) groups is 1. The minimum absolute atomic E-state index is 0.145. The molecule has 0 saturated carbocycles. The zero-order chi connectivity index (χ0) is 18.0. The molecule has 7 nitrogen and oxygen atoms in total. The van der Waals surface area contributed by atoms with E-state index in [0.29, 0.717) is 27.5 Å². The van der Waals surface area contributed by atoms with Gasteiger partial charge in [0.15, 0.2) is 4.34 Å². The highest BCUT2D eigenvalue weighted by Crippen LogP contribution is 2.27. The summed E-state index contributed by atoms with van der Waals surface area (Å²) in [5, 5.41) is 11.7. The summed E-state index contributed by atoms with van der Waals surface area (Å²) < 4.78 is 2.23. The van der Waals surface area contributed by atoms with Crippen LogP contribution in [0.3, 0.4) is 0 Å². The molecule has 1 amide bonds. The Hall–Kier alpha value is -2.26. The van der Waals surface area contributed by atoms with Gasteiger partial charge in [-0.2, -0.15) is 0 Å². The first-order valence-corrected chi connectivity index (χ1v) is 9.47. The molecule has 0 atom stereocenters. The number of aromatic nitrogens is 4. The van der Waals surface area contributed by atoms with E-state index in [4.69, 9.17) is 0 Å². The van der Waals surface area contributed by atoms with E-state index in [-0.39, 0.29) is 11.5 Å². The van der Waals surface area contributed by atoms with Crippen molar-refractivity contribution in [1.82, 2.24) is 19.7 Å². The molecule has 0 bridgehead atoms. The predicted molar refractivity (Wildman–Crippen MR) is 100 cm³/mol. The molecule has 25 heavy (non-hydrogen) atoms. The number of fused-ring (bicyclic) bond motifs is 1. The van der Waals surface area contributed by atoms with E-state index in [0.717, 1.165) is 10.1 Å². The molecule has 0 saturated heterocycles. The molecule has 1 aromatic carbocycles. The van der Waals surface area contributed by atoms with Gasteiger partial charge in [0.1, 0.15) is 0 Å². The van der Waals surface area contributed by atoms with E-state index in [1.54, 1.807) is 37.0 Å². The van der Waals surface area contributed by atoms with Crippen LogP contribution in [0, 0.1) is 5.92 Å². The summed E-state index contributed by atoms with van der Waals surface area (Å²) in [6.45, 7) is 4.27. The lowest BCUT2D eigenvalue weighted by Gasteiger charge is -2.04. The third-order valence-corrected chi connectivity index (χ3v) is 5.75. The van der Waals surface area contributed by atoms with Crippen LogP contribution in [-0.2, 0) is 7.05 Å². The van der Waals surface area contributed by atoms with Crippen LogP contribution in [0.1, 0.15) is 24.2 Å². The summed E-state index contributed by atoms with van der Waals surface area (Å²) in [5.74, 6) is 1.21. The van der Waals surface area contributed by atoms with E-state index >= 15 is 0 Å². The number of thioether (sulfide) groups is 1. The fraction of sp³-hybridized carbons (Fsp3) is 0.312. The topological polar surface area (TPSA) is 89.8 Å². The highest BCUT2D eigenvalue weighted by atomic mass is 32.2. The number of nitrogens with zero attached hydrogens (tertiary/aromatic N) is 4. The third kappa shape index (κ3) is 4.05. The number of hydrogen-bond donors (Lipinski definition) is 1. The van der Waals surface area contributed by atoms with Crippen molar-refractivity contribution in [2.24, 2.45) is 13.0 Å². The van der Waals surface area contributed by atoms with Crippen molar-refractivity contribution in [2.45, 2.75) is 18.2 Å². The van der Waals surface area contributed by atoms with Crippen LogP contribution in [0.4, 0.5) is 5.13 Å². The first-order chi connectivity index (χ1) is 11.9. The third-order valence-electron chi connectivity index (χ3n) is 3.35. The standard InChI is InChI=1S/C16H17N5O2S2/c1-9(2)7-24-16-20-19-15(25-16)18-13(22)10-4-5-11-12(6-10)17-8-21(3)14(11)23/h4-6,8-9H,7H2,1-3H3,(H,18,19,22). The number of rotatable bonds is 5. The molecule has 9 heteroatoms. The second kappa shape index (κ2) is 7.32. The van der Waals surface area contributed by atoms with Crippen molar-refractivity contribution in [2.75, 3.05) is 11.1 Å². The fourth-order valence-electron chi connectivity index (χ4n) is 2.08. The monoisotopic (exact) mass is 375 g/mol. The average molecular weight is 375 g/mol. The number of aryl methyl sites for hydroxylation is 1. The molecule has 0 aliphatic rings. The minimum atomic E-state index is -0.305.